The van der Waals surface area contributed by atoms with Crippen molar-refractivity contribution in [2.45, 2.75) is 25.8 Å². The van der Waals surface area contributed by atoms with Gasteiger partial charge >= 0.3 is 6.03 Å². The minimum atomic E-state index is -0.502. The van der Waals surface area contributed by atoms with Crippen LogP contribution in [0.5, 0.6) is 0 Å². The van der Waals surface area contributed by atoms with E-state index in [4.69, 9.17) is 5.73 Å². The van der Waals surface area contributed by atoms with Gasteiger partial charge in [-0.1, -0.05) is 6.07 Å². The Balaban J connectivity index is 0.00000288. The minimum Gasteiger partial charge on any atom is -0.341 e. The average molecular weight is 359 g/mol. The van der Waals surface area contributed by atoms with Crippen LogP contribution >= 0.6 is 12.4 Å². The van der Waals surface area contributed by atoms with Crippen LogP contribution in [0.15, 0.2) is 24.3 Å². The number of urea groups is 1. The highest BCUT2D eigenvalue weighted by molar-refractivity contribution is 5.89. The summed E-state index contributed by atoms with van der Waals surface area (Å²) in [5.74, 6) is -0.260. The number of hydrogen-bond acceptors (Lipinski definition) is 3. The Bertz CT molecular complexity index is 571. The van der Waals surface area contributed by atoms with Gasteiger partial charge in [0, 0.05) is 25.3 Å². The molecule has 0 radical (unpaired) electrons. The highest BCUT2D eigenvalue weighted by atomic mass is 35.5. The lowest BCUT2D eigenvalue weighted by Gasteiger charge is -2.33. The Morgan fingerprint density at radius 2 is 2.21 bits per heavy atom. The van der Waals surface area contributed by atoms with Crippen LogP contribution in [0.2, 0.25) is 0 Å². The molecule has 1 aromatic rings. The number of likely N-dealkylation sites (tertiary alicyclic amines) is 1. The van der Waals surface area contributed by atoms with Gasteiger partial charge in [0.2, 0.25) is 5.91 Å². The van der Waals surface area contributed by atoms with E-state index < -0.39 is 11.9 Å². The molecule has 1 saturated heterocycles. The van der Waals surface area contributed by atoms with Crippen molar-refractivity contribution in [1.82, 2.24) is 10.2 Å². The van der Waals surface area contributed by atoms with Gasteiger partial charge in [-0.05, 0) is 43.9 Å². The number of hydrogen-bond donors (Lipinski definition) is 3. The van der Waals surface area contributed by atoms with E-state index in [0.717, 1.165) is 12.8 Å². The third-order valence-electron chi connectivity index (χ3n) is 3.85. The fourth-order valence-corrected chi connectivity index (χ4v) is 2.70. The zero-order valence-electron chi connectivity index (χ0n) is 13.6. The maximum absolute atomic E-state index is 13.1. The van der Waals surface area contributed by atoms with E-state index in [0.29, 0.717) is 25.3 Å². The van der Waals surface area contributed by atoms with Gasteiger partial charge in [-0.15, -0.1) is 12.4 Å². The Kier molecular flexibility index (Phi) is 7.94. The van der Waals surface area contributed by atoms with E-state index in [1.54, 1.807) is 17.9 Å². The van der Waals surface area contributed by atoms with Crippen molar-refractivity contribution in [2.24, 2.45) is 11.7 Å². The van der Waals surface area contributed by atoms with E-state index in [-0.39, 0.29) is 30.3 Å². The molecule has 4 N–H and O–H groups in total. The van der Waals surface area contributed by atoms with Crippen LogP contribution in [0.4, 0.5) is 14.9 Å². The summed E-state index contributed by atoms with van der Waals surface area (Å²) >= 11 is 0. The largest absolute Gasteiger partial charge is 0.341 e. The molecule has 1 aromatic carbocycles. The Morgan fingerprint density at radius 1 is 1.46 bits per heavy atom. The van der Waals surface area contributed by atoms with Gasteiger partial charge in [-0.2, -0.15) is 0 Å². The number of nitrogens with one attached hydrogen (secondary N) is 2. The second-order valence-electron chi connectivity index (χ2n) is 5.93. The van der Waals surface area contributed by atoms with Crippen LogP contribution in [-0.4, -0.2) is 42.5 Å². The van der Waals surface area contributed by atoms with Crippen molar-refractivity contribution >= 4 is 30.0 Å². The molecule has 24 heavy (non-hydrogen) atoms. The average Bonchev–Trinajstić information content (AvgIpc) is 2.52. The van der Waals surface area contributed by atoms with Crippen molar-refractivity contribution in [3.63, 3.8) is 0 Å². The van der Waals surface area contributed by atoms with Crippen molar-refractivity contribution in [3.8, 4) is 0 Å². The smallest absolute Gasteiger partial charge is 0.319 e. The van der Waals surface area contributed by atoms with E-state index in [2.05, 4.69) is 10.6 Å². The van der Waals surface area contributed by atoms with Crippen LogP contribution in [0.3, 0.4) is 0 Å². The molecule has 0 saturated carbocycles. The third-order valence-corrected chi connectivity index (χ3v) is 3.85. The van der Waals surface area contributed by atoms with Crippen LogP contribution in [0, 0.1) is 11.7 Å². The Morgan fingerprint density at radius 3 is 2.88 bits per heavy atom. The van der Waals surface area contributed by atoms with E-state index in [1.165, 1.54) is 18.2 Å². The normalized spacial score (nSPS) is 18.3. The fourth-order valence-electron chi connectivity index (χ4n) is 2.70. The van der Waals surface area contributed by atoms with Crippen LogP contribution in [0.25, 0.3) is 0 Å². The molecule has 134 valence electrons. The maximum Gasteiger partial charge on any atom is 0.319 e. The fraction of sp³-hybridized carbons (Fsp3) is 0.500. The molecule has 3 amide bonds. The lowest BCUT2D eigenvalue weighted by atomic mass is 9.97. The topological polar surface area (TPSA) is 87.5 Å². The molecule has 2 rings (SSSR count). The SMILES string of the molecule is C[C@@H](N)C(=O)N1CCCC(CNC(=O)Nc2cccc(F)c2)C1.Cl. The van der Waals surface area contributed by atoms with Gasteiger partial charge < -0.3 is 21.3 Å². The van der Waals surface area contributed by atoms with Gasteiger partial charge in [0.15, 0.2) is 0 Å². The Hall–Kier alpha value is -1.86. The minimum absolute atomic E-state index is 0. The number of rotatable bonds is 4. The number of amides is 3. The summed E-state index contributed by atoms with van der Waals surface area (Å²) in [6.45, 7) is 3.45. The molecule has 8 heteroatoms. The molecule has 1 fully saturated rings. The number of benzene rings is 1. The number of carbonyl (C=O) groups is 2. The molecule has 0 bridgehead atoms. The second-order valence-corrected chi connectivity index (χ2v) is 5.93. The third kappa shape index (κ3) is 5.98. The summed E-state index contributed by atoms with van der Waals surface area (Å²) in [6, 6.07) is 4.83. The summed E-state index contributed by atoms with van der Waals surface area (Å²) in [5, 5.41) is 5.35. The number of nitrogens with two attached hydrogens (primary N) is 1. The van der Waals surface area contributed by atoms with Gasteiger partial charge in [-0.25, -0.2) is 9.18 Å². The zero-order chi connectivity index (χ0) is 16.8. The highest BCUT2D eigenvalue weighted by Crippen LogP contribution is 2.16. The summed E-state index contributed by atoms with van der Waals surface area (Å²) < 4.78 is 13.1. The van der Waals surface area contributed by atoms with E-state index in [9.17, 15) is 14.0 Å². The summed E-state index contributed by atoms with van der Waals surface area (Å²) in [5.41, 5.74) is 6.03. The zero-order valence-corrected chi connectivity index (χ0v) is 14.4. The van der Waals surface area contributed by atoms with Gasteiger partial charge in [0.25, 0.3) is 0 Å². The number of carbonyl (C=O) groups excluding carboxylic acids is 2. The predicted molar refractivity (Wildman–Crippen MR) is 93.6 cm³/mol. The first-order chi connectivity index (χ1) is 11.0. The van der Waals surface area contributed by atoms with Crippen molar-refractivity contribution in [1.29, 1.82) is 0 Å². The van der Waals surface area contributed by atoms with Crippen LogP contribution in [-0.2, 0) is 4.79 Å². The van der Waals surface area contributed by atoms with E-state index in [1.807, 2.05) is 0 Å². The Labute approximate surface area is 147 Å². The quantitative estimate of drug-likeness (QED) is 0.768. The predicted octanol–water partition coefficient (Wildman–Crippen LogP) is 1.95. The summed E-state index contributed by atoms with van der Waals surface area (Å²) in [6.07, 6.45) is 1.85. The lowest BCUT2D eigenvalue weighted by molar-refractivity contribution is -0.133. The lowest BCUT2D eigenvalue weighted by Crippen LogP contribution is -2.49. The number of piperidine rings is 1. The molecule has 0 aromatic heterocycles. The molecule has 1 aliphatic rings. The molecule has 1 unspecified atom stereocenters. The van der Waals surface area contributed by atoms with Crippen molar-refractivity contribution in [3.05, 3.63) is 30.1 Å². The summed E-state index contributed by atoms with van der Waals surface area (Å²) in [7, 11) is 0. The molecule has 0 aliphatic carbocycles. The van der Waals surface area contributed by atoms with Gasteiger partial charge in [-0.3, -0.25) is 4.79 Å². The molecule has 6 nitrogen and oxygen atoms in total. The van der Waals surface area contributed by atoms with Gasteiger partial charge in [0.1, 0.15) is 5.82 Å². The number of nitrogens with zero attached hydrogens (tertiary/aromatic N) is 1. The first-order valence-corrected chi connectivity index (χ1v) is 7.80. The summed E-state index contributed by atoms with van der Waals surface area (Å²) in [4.78, 5) is 25.5. The molecular formula is C16H24ClFN4O2. The first-order valence-electron chi connectivity index (χ1n) is 7.80. The monoisotopic (exact) mass is 358 g/mol. The maximum atomic E-state index is 13.1. The molecular weight excluding hydrogens is 335 g/mol. The second kappa shape index (κ2) is 9.44. The standard InChI is InChI=1S/C16H23FN4O2.ClH/c1-11(18)15(22)21-7-3-4-12(10-21)9-19-16(23)20-14-6-2-5-13(17)8-14;/h2,5-6,8,11-12H,3-4,7,9-10,18H2,1H3,(H2,19,20,23);1H/t11-,12?;/m1./s1. The molecule has 0 spiro atoms. The van der Waals surface area contributed by atoms with Crippen LogP contribution < -0.4 is 16.4 Å². The van der Waals surface area contributed by atoms with Gasteiger partial charge in [0.05, 0.1) is 6.04 Å². The van der Waals surface area contributed by atoms with Crippen LogP contribution in [0.1, 0.15) is 19.8 Å². The highest BCUT2D eigenvalue weighted by Gasteiger charge is 2.25. The van der Waals surface area contributed by atoms with E-state index >= 15 is 0 Å². The number of halogens is 2. The van der Waals surface area contributed by atoms with Crippen molar-refractivity contribution < 1.29 is 14.0 Å². The molecule has 2 atom stereocenters. The number of anilines is 1. The first kappa shape index (κ1) is 20.2. The van der Waals surface area contributed by atoms with Crippen molar-refractivity contribution in [2.75, 3.05) is 25.0 Å². The molecule has 1 aliphatic heterocycles. The molecule has 1 heterocycles.